The molecule has 96 valence electrons. The molecule has 0 aliphatic rings. The zero-order valence-electron chi connectivity index (χ0n) is 10.5. The van der Waals surface area contributed by atoms with E-state index in [1.54, 1.807) is 18.2 Å². The molecule has 0 fully saturated rings. The standard InChI is InChI=1S/C13H17N3O2/c1-3-8(2)11(14)13-15-12(16-18-13)9-5-4-6-10(17)7-9/h4-8,11,17H,3,14H2,1-2H3/t8-,11-/m0/s1. The number of hydrogen-bond acceptors (Lipinski definition) is 5. The van der Waals surface area contributed by atoms with Crippen LogP contribution in [0, 0.1) is 5.92 Å². The summed E-state index contributed by atoms with van der Waals surface area (Å²) in [6, 6.07) is 6.46. The molecule has 0 aliphatic heterocycles. The van der Waals surface area contributed by atoms with E-state index in [4.69, 9.17) is 10.3 Å². The van der Waals surface area contributed by atoms with E-state index in [1.807, 2.05) is 13.0 Å². The van der Waals surface area contributed by atoms with Crippen LogP contribution < -0.4 is 5.73 Å². The van der Waals surface area contributed by atoms with Gasteiger partial charge in [0.05, 0.1) is 6.04 Å². The zero-order chi connectivity index (χ0) is 13.1. The van der Waals surface area contributed by atoms with E-state index in [0.717, 1.165) is 6.42 Å². The molecule has 0 spiro atoms. The first-order valence-corrected chi connectivity index (χ1v) is 6.00. The summed E-state index contributed by atoms with van der Waals surface area (Å²) in [6.45, 7) is 4.11. The lowest BCUT2D eigenvalue weighted by Crippen LogP contribution is -2.18. The molecule has 5 nitrogen and oxygen atoms in total. The van der Waals surface area contributed by atoms with E-state index < -0.39 is 0 Å². The number of phenolic OH excluding ortho intramolecular Hbond substituents is 1. The Morgan fingerprint density at radius 1 is 1.44 bits per heavy atom. The van der Waals surface area contributed by atoms with Crippen molar-refractivity contribution in [1.29, 1.82) is 0 Å². The second-order valence-corrected chi connectivity index (χ2v) is 4.42. The quantitative estimate of drug-likeness (QED) is 0.867. The summed E-state index contributed by atoms with van der Waals surface area (Å²) in [7, 11) is 0. The molecular weight excluding hydrogens is 230 g/mol. The molecule has 1 aromatic carbocycles. The van der Waals surface area contributed by atoms with E-state index in [2.05, 4.69) is 17.1 Å². The Morgan fingerprint density at radius 2 is 2.22 bits per heavy atom. The molecule has 3 N–H and O–H groups in total. The molecule has 5 heteroatoms. The van der Waals surface area contributed by atoms with Crippen molar-refractivity contribution in [3.05, 3.63) is 30.2 Å². The van der Waals surface area contributed by atoms with Crippen molar-refractivity contribution in [3.63, 3.8) is 0 Å². The van der Waals surface area contributed by atoms with Gasteiger partial charge in [0.2, 0.25) is 11.7 Å². The third-order valence-corrected chi connectivity index (χ3v) is 3.09. The Labute approximate surface area is 106 Å². The molecule has 0 bridgehead atoms. The van der Waals surface area contributed by atoms with Gasteiger partial charge in [-0.15, -0.1) is 0 Å². The minimum Gasteiger partial charge on any atom is -0.508 e. The van der Waals surface area contributed by atoms with E-state index >= 15 is 0 Å². The van der Waals surface area contributed by atoms with Gasteiger partial charge in [0.25, 0.3) is 0 Å². The average Bonchev–Trinajstić information content (AvgIpc) is 2.86. The van der Waals surface area contributed by atoms with Gasteiger partial charge in [0.15, 0.2) is 0 Å². The number of aromatic nitrogens is 2. The monoisotopic (exact) mass is 247 g/mol. The molecule has 1 aromatic heterocycles. The number of nitrogens with zero attached hydrogens (tertiary/aromatic N) is 2. The number of hydrogen-bond donors (Lipinski definition) is 2. The fourth-order valence-corrected chi connectivity index (χ4v) is 1.63. The molecular formula is C13H17N3O2. The van der Waals surface area contributed by atoms with Crippen LogP contribution in [0.1, 0.15) is 32.2 Å². The van der Waals surface area contributed by atoms with Crippen LogP contribution in [0.15, 0.2) is 28.8 Å². The summed E-state index contributed by atoms with van der Waals surface area (Å²) in [6.07, 6.45) is 0.949. The SMILES string of the molecule is CC[C@H](C)[C@H](N)c1nc(-c2cccc(O)c2)no1. The van der Waals surface area contributed by atoms with Crippen LogP contribution in [0.3, 0.4) is 0 Å². The molecule has 0 amide bonds. The van der Waals surface area contributed by atoms with Crippen LogP contribution in [0.25, 0.3) is 11.4 Å². The lowest BCUT2D eigenvalue weighted by atomic mass is 10.0. The third-order valence-electron chi connectivity index (χ3n) is 3.09. The minimum atomic E-state index is -0.256. The van der Waals surface area contributed by atoms with Gasteiger partial charge in [0, 0.05) is 5.56 Å². The maximum atomic E-state index is 9.41. The molecule has 2 atom stereocenters. The van der Waals surface area contributed by atoms with Crippen molar-refractivity contribution >= 4 is 0 Å². The van der Waals surface area contributed by atoms with Crippen molar-refractivity contribution in [3.8, 4) is 17.1 Å². The lowest BCUT2D eigenvalue weighted by Gasteiger charge is -2.12. The van der Waals surface area contributed by atoms with Crippen molar-refractivity contribution in [2.45, 2.75) is 26.3 Å². The third kappa shape index (κ3) is 2.51. The second-order valence-electron chi connectivity index (χ2n) is 4.42. The van der Waals surface area contributed by atoms with Crippen molar-refractivity contribution in [1.82, 2.24) is 10.1 Å². The topological polar surface area (TPSA) is 85.2 Å². The molecule has 1 heterocycles. The maximum Gasteiger partial charge on any atom is 0.244 e. The summed E-state index contributed by atoms with van der Waals surface area (Å²) < 4.78 is 5.18. The minimum absolute atomic E-state index is 0.171. The highest BCUT2D eigenvalue weighted by atomic mass is 16.5. The van der Waals surface area contributed by atoms with Gasteiger partial charge >= 0.3 is 0 Å². The van der Waals surface area contributed by atoms with Crippen molar-refractivity contribution in [2.24, 2.45) is 11.7 Å². The van der Waals surface area contributed by atoms with E-state index in [1.165, 1.54) is 0 Å². The molecule has 2 rings (SSSR count). The first kappa shape index (κ1) is 12.6. The van der Waals surface area contributed by atoms with Crippen molar-refractivity contribution < 1.29 is 9.63 Å². The zero-order valence-corrected chi connectivity index (χ0v) is 10.5. The molecule has 18 heavy (non-hydrogen) atoms. The van der Waals surface area contributed by atoms with Gasteiger partial charge in [0.1, 0.15) is 5.75 Å². The van der Waals surface area contributed by atoms with Gasteiger partial charge in [-0.1, -0.05) is 37.6 Å². The molecule has 2 aromatic rings. The average molecular weight is 247 g/mol. The van der Waals surface area contributed by atoms with E-state index in [-0.39, 0.29) is 17.7 Å². The van der Waals surface area contributed by atoms with E-state index in [0.29, 0.717) is 17.3 Å². The van der Waals surface area contributed by atoms with Crippen LogP contribution in [0.5, 0.6) is 5.75 Å². The van der Waals surface area contributed by atoms with E-state index in [9.17, 15) is 5.11 Å². The Kier molecular flexibility index (Phi) is 3.62. The first-order chi connectivity index (χ1) is 8.61. The fourth-order valence-electron chi connectivity index (χ4n) is 1.63. The predicted molar refractivity (Wildman–Crippen MR) is 67.8 cm³/mol. The van der Waals surface area contributed by atoms with Crippen LogP contribution in [0.2, 0.25) is 0 Å². The second kappa shape index (κ2) is 5.18. The van der Waals surface area contributed by atoms with Crippen LogP contribution >= 0.6 is 0 Å². The highest BCUT2D eigenvalue weighted by molar-refractivity contribution is 5.56. The summed E-state index contributed by atoms with van der Waals surface area (Å²) in [5.74, 6) is 1.33. The Morgan fingerprint density at radius 3 is 2.89 bits per heavy atom. The first-order valence-electron chi connectivity index (χ1n) is 6.00. The van der Waals surface area contributed by atoms with Crippen molar-refractivity contribution in [2.75, 3.05) is 0 Å². The Bertz CT molecular complexity index is 524. The molecule has 0 saturated heterocycles. The number of aromatic hydroxyl groups is 1. The van der Waals surface area contributed by atoms with Crippen LogP contribution in [-0.4, -0.2) is 15.2 Å². The van der Waals surface area contributed by atoms with Gasteiger partial charge in [-0.2, -0.15) is 4.98 Å². The van der Waals surface area contributed by atoms with Gasteiger partial charge in [-0.3, -0.25) is 0 Å². The summed E-state index contributed by atoms with van der Waals surface area (Å²) in [5.41, 5.74) is 6.73. The number of rotatable bonds is 4. The molecule has 0 aliphatic carbocycles. The van der Waals surface area contributed by atoms with Gasteiger partial charge in [-0.25, -0.2) is 0 Å². The summed E-state index contributed by atoms with van der Waals surface area (Å²) >= 11 is 0. The smallest absolute Gasteiger partial charge is 0.244 e. The fraction of sp³-hybridized carbons (Fsp3) is 0.385. The Balaban J connectivity index is 2.25. The normalized spacial score (nSPS) is 14.4. The summed E-state index contributed by atoms with van der Waals surface area (Å²) in [5, 5.41) is 13.3. The lowest BCUT2D eigenvalue weighted by molar-refractivity contribution is 0.312. The van der Waals surface area contributed by atoms with Gasteiger partial charge < -0.3 is 15.4 Å². The highest BCUT2D eigenvalue weighted by Gasteiger charge is 2.20. The maximum absolute atomic E-state index is 9.41. The summed E-state index contributed by atoms with van der Waals surface area (Å²) in [4.78, 5) is 4.28. The number of benzene rings is 1. The highest BCUT2D eigenvalue weighted by Crippen LogP contribution is 2.24. The van der Waals surface area contributed by atoms with Crippen LogP contribution in [0.4, 0.5) is 0 Å². The Hall–Kier alpha value is -1.88. The molecule has 0 saturated carbocycles. The number of phenols is 1. The van der Waals surface area contributed by atoms with Gasteiger partial charge in [-0.05, 0) is 18.1 Å². The predicted octanol–water partition coefficient (Wildman–Crippen LogP) is 2.49. The number of nitrogens with two attached hydrogens (primary N) is 1. The molecule has 0 radical (unpaired) electrons. The largest absolute Gasteiger partial charge is 0.508 e. The van der Waals surface area contributed by atoms with Crippen LogP contribution in [-0.2, 0) is 0 Å². The molecule has 0 unspecified atom stereocenters.